The first-order valence-electron chi connectivity index (χ1n) is 3.34. The van der Waals surface area contributed by atoms with Gasteiger partial charge in [0.05, 0.1) is 11.8 Å². The number of nitrogens with zero attached hydrogens (tertiary/aromatic N) is 3. The second kappa shape index (κ2) is 4.23. The lowest BCUT2D eigenvalue weighted by atomic mass is 10.4. The highest BCUT2D eigenvalue weighted by Crippen LogP contribution is 2.03. The average Bonchev–Trinajstić information content (AvgIpc) is 2.15. The summed E-state index contributed by atoms with van der Waals surface area (Å²) in [5.74, 6) is 0.471. The first kappa shape index (κ1) is 8.40. The van der Waals surface area contributed by atoms with E-state index in [0.717, 1.165) is 0 Å². The van der Waals surface area contributed by atoms with Gasteiger partial charge in [0, 0.05) is 6.07 Å². The molecule has 0 saturated heterocycles. The van der Waals surface area contributed by atoms with E-state index in [1.54, 1.807) is 0 Å². The highest BCUT2D eigenvalue weighted by molar-refractivity contribution is 5.35. The fraction of sp³-hybridized carbons (Fsp3) is 0.286. The molecule has 0 aliphatic carbocycles. The van der Waals surface area contributed by atoms with Crippen LogP contribution in [0.3, 0.4) is 0 Å². The molecular formula is C7H7FN4. The molecule has 4 nitrogen and oxygen atoms in total. The lowest BCUT2D eigenvalue weighted by molar-refractivity contribution is 0.475. The minimum Gasteiger partial charge on any atom is -0.357 e. The van der Waals surface area contributed by atoms with E-state index in [4.69, 9.17) is 5.26 Å². The third-order valence-corrected chi connectivity index (χ3v) is 1.21. The van der Waals surface area contributed by atoms with Crippen molar-refractivity contribution in [2.24, 2.45) is 0 Å². The number of anilines is 1. The van der Waals surface area contributed by atoms with Crippen molar-refractivity contribution in [3.8, 4) is 6.07 Å². The molecule has 0 fully saturated rings. The Morgan fingerprint density at radius 1 is 1.58 bits per heavy atom. The van der Waals surface area contributed by atoms with Gasteiger partial charge in [-0.3, -0.25) is 0 Å². The summed E-state index contributed by atoms with van der Waals surface area (Å²) in [6, 6.07) is 3.36. The summed E-state index contributed by atoms with van der Waals surface area (Å²) in [6.45, 7) is -0.466. The topological polar surface area (TPSA) is 61.6 Å². The minimum absolute atomic E-state index is 0.155. The second-order valence-corrected chi connectivity index (χ2v) is 2.04. The second-order valence-electron chi connectivity index (χ2n) is 2.04. The Labute approximate surface area is 69.1 Å². The van der Waals surface area contributed by atoms with E-state index < -0.39 is 6.67 Å². The van der Waals surface area contributed by atoms with Crippen LogP contribution in [0, 0.1) is 11.3 Å². The molecule has 0 bridgehead atoms. The van der Waals surface area contributed by atoms with E-state index in [1.807, 2.05) is 6.07 Å². The van der Waals surface area contributed by atoms with Gasteiger partial charge >= 0.3 is 0 Å². The van der Waals surface area contributed by atoms with Crippen molar-refractivity contribution in [1.29, 1.82) is 5.26 Å². The number of halogens is 1. The lowest BCUT2D eigenvalue weighted by Gasteiger charge is -1.99. The maximum absolute atomic E-state index is 12.0. The Balaban J connectivity index is 2.67. The molecule has 0 saturated carbocycles. The predicted molar refractivity (Wildman–Crippen MR) is 40.9 cm³/mol. The van der Waals surface area contributed by atoms with Crippen LogP contribution < -0.4 is 5.32 Å². The zero-order chi connectivity index (χ0) is 8.81. The van der Waals surface area contributed by atoms with Crippen molar-refractivity contribution >= 4 is 5.82 Å². The average molecular weight is 166 g/mol. The first-order chi connectivity index (χ1) is 5.86. The standard InChI is InChI=1S/C7H7FN4/c8-4-6-3-7(10-2-1-9)12-5-11-6/h3,5H,2,4H2,(H,10,11,12). The number of aromatic nitrogens is 2. The molecule has 5 heteroatoms. The molecule has 1 rings (SSSR count). The fourth-order valence-corrected chi connectivity index (χ4v) is 0.697. The van der Waals surface area contributed by atoms with Crippen LogP contribution in [0.1, 0.15) is 5.69 Å². The van der Waals surface area contributed by atoms with Crippen molar-refractivity contribution in [1.82, 2.24) is 9.97 Å². The van der Waals surface area contributed by atoms with Crippen LogP contribution in [0.25, 0.3) is 0 Å². The largest absolute Gasteiger partial charge is 0.357 e. The summed E-state index contributed by atoms with van der Waals surface area (Å²) in [7, 11) is 0. The highest BCUT2D eigenvalue weighted by Gasteiger charge is 1.96. The van der Waals surface area contributed by atoms with Crippen molar-refractivity contribution in [3.05, 3.63) is 18.1 Å². The van der Waals surface area contributed by atoms with Crippen molar-refractivity contribution in [3.63, 3.8) is 0 Å². The Morgan fingerprint density at radius 2 is 2.42 bits per heavy atom. The molecule has 1 N–H and O–H groups in total. The first-order valence-corrected chi connectivity index (χ1v) is 3.34. The molecule has 1 aromatic rings. The summed E-state index contributed by atoms with van der Waals surface area (Å²) in [6.07, 6.45) is 1.26. The molecule has 1 aromatic heterocycles. The van der Waals surface area contributed by atoms with Gasteiger partial charge in [0.25, 0.3) is 0 Å². The number of rotatable bonds is 3. The van der Waals surface area contributed by atoms with Crippen molar-refractivity contribution in [2.45, 2.75) is 6.67 Å². The molecule has 62 valence electrons. The van der Waals surface area contributed by atoms with Gasteiger partial charge in [0.1, 0.15) is 25.4 Å². The molecule has 0 atom stereocenters. The summed E-state index contributed by atoms with van der Waals surface area (Å²) in [5, 5.41) is 10.9. The maximum Gasteiger partial charge on any atom is 0.132 e. The van der Waals surface area contributed by atoms with Crippen LogP contribution in [-0.4, -0.2) is 16.5 Å². The fourth-order valence-electron chi connectivity index (χ4n) is 0.697. The smallest absolute Gasteiger partial charge is 0.132 e. The highest BCUT2D eigenvalue weighted by atomic mass is 19.1. The van der Waals surface area contributed by atoms with Crippen molar-refractivity contribution < 1.29 is 4.39 Å². The van der Waals surface area contributed by atoms with Crippen LogP contribution >= 0.6 is 0 Å². The van der Waals surface area contributed by atoms with E-state index >= 15 is 0 Å². The number of alkyl halides is 1. The summed E-state index contributed by atoms with van der Waals surface area (Å²) < 4.78 is 12.0. The van der Waals surface area contributed by atoms with Gasteiger partial charge in [-0.15, -0.1) is 0 Å². The molecule has 12 heavy (non-hydrogen) atoms. The van der Waals surface area contributed by atoms with Crippen LogP contribution in [0.15, 0.2) is 12.4 Å². The number of nitriles is 1. The zero-order valence-corrected chi connectivity index (χ0v) is 6.29. The van der Waals surface area contributed by atoms with Crippen molar-refractivity contribution in [2.75, 3.05) is 11.9 Å². The minimum atomic E-state index is -0.621. The van der Waals surface area contributed by atoms with Gasteiger partial charge in [0.2, 0.25) is 0 Å². The molecule has 0 aliphatic rings. The molecule has 0 aliphatic heterocycles. The number of nitrogens with one attached hydrogen (secondary N) is 1. The summed E-state index contributed by atoms with van der Waals surface area (Å²) in [5.41, 5.74) is 0.311. The van der Waals surface area contributed by atoms with Crippen LogP contribution in [0.2, 0.25) is 0 Å². The van der Waals surface area contributed by atoms with Crippen LogP contribution in [-0.2, 0) is 6.67 Å². The summed E-state index contributed by atoms with van der Waals surface area (Å²) >= 11 is 0. The third-order valence-electron chi connectivity index (χ3n) is 1.21. The molecule has 1 heterocycles. The molecule has 0 spiro atoms. The molecular weight excluding hydrogens is 159 g/mol. The Morgan fingerprint density at radius 3 is 3.08 bits per heavy atom. The van der Waals surface area contributed by atoms with Gasteiger partial charge < -0.3 is 5.32 Å². The molecule has 0 amide bonds. The monoisotopic (exact) mass is 166 g/mol. The Bertz CT molecular complexity index is 294. The Kier molecular flexibility index (Phi) is 2.96. The quantitative estimate of drug-likeness (QED) is 0.677. The van der Waals surface area contributed by atoms with E-state index in [0.29, 0.717) is 11.5 Å². The van der Waals surface area contributed by atoms with Gasteiger partial charge in [-0.1, -0.05) is 0 Å². The SMILES string of the molecule is N#CCNc1cc(CF)ncn1. The van der Waals surface area contributed by atoms with E-state index in [2.05, 4.69) is 15.3 Å². The Hall–Kier alpha value is -1.70. The third kappa shape index (κ3) is 2.16. The van der Waals surface area contributed by atoms with Crippen LogP contribution in [0.5, 0.6) is 0 Å². The van der Waals surface area contributed by atoms with Gasteiger partial charge in [-0.05, 0) is 0 Å². The van der Waals surface area contributed by atoms with Gasteiger partial charge in [-0.2, -0.15) is 5.26 Å². The zero-order valence-electron chi connectivity index (χ0n) is 6.29. The van der Waals surface area contributed by atoms with E-state index in [-0.39, 0.29) is 6.54 Å². The maximum atomic E-state index is 12.0. The number of hydrogen-bond acceptors (Lipinski definition) is 4. The number of hydrogen-bond donors (Lipinski definition) is 1. The van der Waals surface area contributed by atoms with E-state index in [9.17, 15) is 4.39 Å². The van der Waals surface area contributed by atoms with Crippen LogP contribution in [0.4, 0.5) is 10.2 Å². The van der Waals surface area contributed by atoms with Gasteiger partial charge in [-0.25, -0.2) is 14.4 Å². The molecule has 0 unspecified atom stereocenters. The van der Waals surface area contributed by atoms with E-state index in [1.165, 1.54) is 12.4 Å². The molecule has 0 radical (unpaired) electrons. The normalized spacial score (nSPS) is 9.00. The van der Waals surface area contributed by atoms with Gasteiger partial charge in [0.15, 0.2) is 0 Å². The lowest BCUT2D eigenvalue weighted by Crippen LogP contribution is -2.01. The predicted octanol–water partition coefficient (Wildman–Crippen LogP) is 0.882. The molecule has 0 aromatic carbocycles. The summed E-state index contributed by atoms with van der Waals surface area (Å²) in [4.78, 5) is 7.44.